The summed E-state index contributed by atoms with van der Waals surface area (Å²) in [4.78, 5) is 76.0. The number of nitrogens with zero attached hydrogens (tertiary/aromatic N) is 6. The lowest BCUT2D eigenvalue weighted by Gasteiger charge is -2.57. The third kappa shape index (κ3) is 7.67. The van der Waals surface area contributed by atoms with Crippen LogP contribution < -0.4 is 25.2 Å². The van der Waals surface area contributed by atoms with E-state index in [0.29, 0.717) is 46.7 Å². The number of amides is 5. The van der Waals surface area contributed by atoms with Crippen LogP contribution in [0.3, 0.4) is 0 Å². The lowest BCUT2D eigenvalue weighted by atomic mass is 9.70. The van der Waals surface area contributed by atoms with Crippen LogP contribution in [0.5, 0.6) is 5.75 Å². The van der Waals surface area contributed by atoms with Crippen LogP contribution in [0.4, 0.5) is 15.9 Å². The summed E-state index contributed by atoms with van der Waals surface area (Å²) in [6, 6.07) is 12.9. The van der Waals surface area contributed by atoms with Gasteiger partial charge in [0.1, 0.15) is 29.5 Å². The quantitative estimate of drug-likeness (QED) is 0.298. The zero-order valence-corrected chi connectivity index (χ0v) is 33.9. The first-order valence-corrected chi connectivity index (χ1v) is 21.3. The highest BCUT2D eigenvalue weighted by atomic mass is 35.5. The number of benzene rings is 2. The highest BCUT2D eigenvalue weighted by Gasteiger charge is 2.49. The van der Waals surface area contributed by atoms with Crippen LogP contribution >= 0.6 is 11.6 Å². The van der Waals surface area contributed by atoms with E-state index in [9.17, 15) is 24.0 Å². The van der Waals surface area contributed by atoms with Crippen LogP contribution in [-0.4, -0.2) is 108 Å². The number of aromatic nitrogens is 1. The summed E-state index contributed by atoms with van der Waals surface area (Å²) >= 11 is 6.15. The first-order valence-electron chi connectivity index (χ1n) is 20.9. The molecule has 0 radical (unpaired) electrons. The van der Waals surface area contributed by atoms with Crippen molar-refractivity contribution in [2.24, 2.45) is 5.41 Å². The number of halogens is 2. The molecular weight excluding hydrogens is 791 g/mol. The number of piperidine rings is 3. The summed E-state index contributed by atoms with van der Waals surface area (Å²) in [6.07, 6.45) is 8.77. The molecule has 14 nitrogen and oxygen atoms in total. The Morgan fingerprint density at radius 1 is 0.900 bits per heavy atom. The molecule has 1 saturated carbocycles. The fourth-order valence-corrected chi connectivity index (χ4v) is 10.2. The van der Waals surface area contributed by atoms with Crippen molar-refractivity contribution in [1.29, 1.82) is 5.26 Å². The number of fused-ring (bicyclic) bond motifs is 1. The van der Waals surface area contributed by atoms with Crippen molar-refractivity contribution in [1.82, 2.24) is 25.4 Å². The molecular formula is C44H46ClFN8O6. The van der Waals surface area contributed by atoms with Crippen LogP contribution in [0.25, 0.3) is 0 Å². The van der Waals surface area contributed by atoms with E-state index in [0.717, 1.165) is 94.3 Å². The molecule has 9 rings (SSSR count). The Labute approximate surface area is 352 Å². The summed E-state index contributed by atoms with van der Waals surface area (Å²) in [5, 5.41) is 14.8. The van der Waals surface area contributed by atoms with E-state index in [1.54, 1.807) is 24.4 Å². The molecule has 2 N–H and O–H groups in total. The van der Waals surface area contributed by atoms with E-state index in [-0.39, 0.29) is 47.4 Å². The van der Waals surface area contributed by atoms with E-state index < -0.39 is 35.5 Å². The highest BCUT2D eigenvalue weighted by Crippen LogP contribution is 2.44. The summed E-state index contributed by atoms with van der Waals surface area (Å²) < 4.78 is 21.6. The Morgan fingerprint density at radius 2 is 1.62 bits per heavy atom. The molecule has 5 amide bonds. The summed E-state index contributed by atoms with van der Waals surface area (Å²) in [5.74, 6) is -1.68. The smallest absolute Gasteiger partial charge is 0.262 e. The number of imide groups is 2. The zero-order chi connectivity index (χ0) is 41.7. The van der Waals surface area contributed by atoms with Crippen molar-refractivity contribution in [2.45, 2.75) is 88.4 Å². The Morgan fingerprint density at radius 3 is 2.27 bits per heavy atom. The number of hydrogen-bond donors (Lipinski definition) is 2. The van der Waals surface area contributed by atoms with Gasteiger partial charge in [0.25, 0.3) is 17.7 Å². The van der Waals surface area contributed by atoms with Crippen molar-refractivity contribution in [3.8, 4) is 11.8 Å². The third-order valence-corrected chi connectivity index (χ3v) is 13.7. The van der Waals surface area contributed by atoms with Gasteiger partial charge in [-0.05, 0) is 99.6 Å². The minimum absolute atomic E-state index is 0.0206. The van der Waals surface area contributed by atoms with Gasteiger partial charge in [-0.15, -0.1) is 0 Å². The maximum Gasteiger partial charge on any atom is 0.262 e. The number of hydrogen-bond acceptors (Lipinski definition) is 11. The van der Waals surface area contributed by atoms with Gasteiger partial charge in [0, 0.05) is 70.0 Å². The number of rotatable bonds is 8. The number of nitrogens with one attached hydrogen (secondary N) is 2. The fraction of sp³-hybridized carbons (Fsp3) is 0.477. The molecule has 6 heterocycles. The molecule has 1 atom stereocenters. The van der Waals surface area contributed by atoms with Gasteiger partial charge in [0.05, 0.1) is 39.1 Å². The molecule has 4 saturated heterocycles. The second kappa shape index (κ2) is 16.1. The second-order valence-corrected chi connectivity index (χ2v) is 17.5. The van der Waals surface area contributed by atoms with Gasteiger partial charge in [-0.25, -0.2) is 9.37 Å². The van der Waals surface area contributed by atoms with Gasteiger partial charge in [-0.2, -0.15) is 5.26 Å². The Hall–Kier alpha value is -5.59. The molecule has 1 unspecified atom stereocenters. The maximum absolute atomic E-state index is 15.5. The van der Waals surface area contributed by atoms with Crippen molar-refractivity contribution >= 4 is 52.6 Å². The largest absolute Gasteiger partial charge is 0.490 e. The second-order valence-electron chi connectivity index (χ2n) is 17.1. The molecule has 5 aliphatic heterocycles. The molecule has 6 aliphatic rings. The van der Waals surface area contributed by atoms with Gasteiger partial charge in [0.2, 0.25) is 11.8 Å². The van der Waals surface area contributed by atoms with Crippen LogP contribution in [0.15, 0.2) is 48.7 Å². The molecule has 3 aromatic rings. The summed E-state index contributed by atoms with van der Waals surface area (Å²) in [7, 11) is 0. The third-order valence-electron chi connectivity index (χ3n) is 13.4. The van der Waals surface area contributed by atoms with Crippen molar-refractivity contribution in [2.75, 3.05) is 49.1 Å². The number of likely N-dealkylation sites (tertiary alicyclic amines) is 1. The molecule has 2 aromatic carbocycles. The van der Waals surface area contributed by atoms with Crippen molar-refractivity contribution in [3.05, 3.63) is 81.8 Å². The fourth-order valence-electron chi connectivity index (χ4n) is 9.95. The number of nitriles is 1. The first kappa shape index (κ1) is 39.8. The highest BCUT2D eigenvalue weighted by molar-refractivity contribution is 6.31. The lowest BCUT2D eigenvalue weighted by molar-refractivity contribution is -0.136. The molecule has 312 valence electrons. The van der Waals surface area contributed by atoms with Crippen LogP contribution in [0, 0.1) is 22.6 Å². The van der Waals surface area contributed by atoms with Crippen LogP contribution in [-0.2, 0) is 9.59 Å². The van der Waals surface area contributed by atoms with Gasteiger partial charge < -0.3 is 19.9 Å². The van der Waals surface area contributed by atoms with Crippen molar-refractivity contribution < 1.29 is 33.1 Å². The van der Waals surface area contributed by atoms with E-state index in [1.165, 1.54) is 6.07 Å². The molecule has 0 bridgehead atoms. The van der Waals surface area contributed by atoms with E-state index in [1.807, 2.05) is 17.0 Å². The Kier molecular flexibility index (Phi) is 10.7. The predicted molar refractivity (Wildman–Crippen MR) is 218 cm³/mol. The summed E-state index contributed by atoms with van der Waals surface area (Å²) in [5.41, 5.74) is 1.44. The van der Waals surface area contributed by atoms with Gasteiger partial charge in [-0.3, -0.25) is 39.1 Å². The molecule has 1 spiro atoms. The Balaban J connectivity index is 0.709. The average molecular weight is 837 g/mol. The minimum atomic E-state index is -1.09. The number of anilines is 2. The normalized spacial score (nSPS) is 24.5. The first-order chi connectivity index (χ1) is 29.0. The van der Waals surface area contributed by atoms with E-state index in [4.69, 9.17) is 21.6 Å². The average Bonchev–Trinajstić information content (AvgIpc) is 3.47. The number of carbonyl (C=O) groups excluding carboxylic acids is 5. The molecule has 60 heavy (non-hydrogen) atoms. The van der Waals surface area contributed by atoms with E-state index in [2.05, 4.69) is 31.5 Å². The molecule has 5 fully saturated rings. The van der Waals surface area contributed by atoms with E-state index >= 15 is 4.39 Å². The minimum Gasteiger partial charge on any atom is -0.490 e. The Bertz CT molecular complexity index is 2270. The van der Waals surface area contributed by atoms with Gasteiger partial charge in [-0.1, -0.05) is 11.6 Å². The zero-order valence-electron chi connectivity index (χ0n) is 33.1. The number of pyridine rings is 1. The predicted octanol–water partition coefficient (Wildman–Crippen LogP) is 4.84. The van der Waals surface area contributed by atoms with Crippen molar-refractivity contribution in [3.63, 3.8) is 0 Å². The molecule has 1 aromatic heterocycles. The summed E-state index contributed by atoms with van der Waals surface area (Å²) in [6.45, 7) is 5.01. The maximum atomic E-state index is 15.5. The SMILES string of the molecule is N#Cc1ccc(O[C@H]2CC[C@H](NC(=O)c3ccc(N4CCC(N5CC6(CCN(c7cc8c(cc7F)C(=O)N(C7CCC(=O)NC7=O)C8=O)CC6)C5)CC4)nc3)CC2)cc1Cl. The monoisotopic (exact) mass is 836 g/mol. The molecule has 1 aliphatic carbocycles. The molecule has 16 heteroatoms. The van der Waals surface area contributed by atoms with Gasteiger partial charge >= 0.3 is 0 Å². The number of ether oxygens (including phenoxy) is 1. The van der Waals surface area contributed by atoms with Crippen LogP contribution in [0.2, 0.25) is 5.02 Å². The van der Waals surface area contributed by atoms with Gasteiger partial charge in [0.15, 0.2) is 0 Å². The lowest BCUT2D eigenvalue weighted by Crippen LogP contribution is -2.64. The standard InChI is InChI=1S/C44H46ClFN8O6/c45-34-19-31(5-1-26(34)22-47)60-30-6-3-28(4-7-30)49-40(56)27-2-9-38(48-23-27)52-15-11-29(12-16-52)53-24-44(25-53)13-17-51(18-14-44)37-21-33-32(20-35(37)46)42(58)54(43(33)59)36-8-10-39(55)50-41(36)57/h1-2,5,9,19-21,23,28-30,36H,3-4,6-8,10-18,24-25H2,(H,49,56)(H,50,55,57)/t28-,30-,36?. The topological polar surface area (TPSA) is 168 Å². The number of carbonyl (C=O) groups is 5. The van der Waals surface area contributed by atoms with Crippen LogP contribution in [0.1, 0.15) is 101 Å².